The van der Waals surface area contributed by atoms with Crippen LogP contribution >= 0.6 is 15.9 Å². The van der Waals surface area contributed by atoms with Crippen molar-refractivity contribution < 1.29 is 9.13 Å². The van der Waals surface area contributed by atoms with E-state index in [-0.39, 0.29) is 11.9 Å². The molecule has 0 bridgehead atoms. The van der Waals surface area contributed by atoms with Crippen LogP contribution in [-0.4, -0.2) is 12.1 Å². The average Bonchev–Trinajstić information content (AvgIpc) is 2.41. The summed E-state index contributed by atoms with van der Waals surface area (Å²) in [5.74, 6) is 0.411. The van der Waals surface area contributed by atoms with Crippen molar-refractivity contribution in [2.24, 2.45) is 0 Å². The number of nitrogens with one attached hydrogen (secondary N) is 1. The molecule has 0 saturated heterocycles. The van der Waals surface area contributed by atoms with E-state index in [4.69, 9.17) is 4.74 Å². The molecule has 1 atom stereocenters. The van der Waals surface area contributed by atoms with E-state index < -0.39 is 0 Å². The first-order valence-corrected chi connectivity index (χ1v) is 6.60. The number of rotatable bonds is 4. The molecule has 100 valence electrons. The van der Waals surface area contributed by atoms with Crippen LogP contribution in [0.1, 0.15) is 18.5 Å². The molecular weight excluding hydrogens is 311 g/mol. The molecule has 0 radical (unpaired) electrons. The van der Waals surface area contributed by atoms with Crippen LogP contribution in [0.15, 0.2) is 41.1 Å². The maximum Gasteiger partial charge on any atom is 0.141 e. The van der Waals surface area contributed by atoms with Gasteiger partial charge in [0.1, 0.15) is 11.6 Å². The number of aromatic nitrogens is 1. The number of ether oxygens (including phenoxy) is 1. The van der Waals surface area contributed by atoms with Gasteiger partial charge in [-0.15, -0.1) is 0 Å². The summed E-state index contributed by atoms with van der Waals surface area (Å²) in [4.78, 5) is 3.85. The van der Waals surface area contributed by atoms with Gasteiger partial charge in [0.05, 0.1) is 23.8 Å². The lowest BCUT2D eigenvalue weighted by molar-refractivity contribution is 0.412. The second-order valence-electron chi connectivity index (χ2n) is 4.15. The molecule has 0 aliphatic carbocycles. The first-order valence-electron chi connectivity index (χ1n) is 5.80. The molecule has 5 heteroatoms. The number of halogens is 2. The first kappa shape index (κ1) is 13.8. The maximum absolute atomic E-state index is 13.1. The minimum Gasteiger partial charge on any atom is -0.495 e. The summed E-state index contributed by atoms with van der Waals surface area (Å²) in [5, 5.41) is 3.28. The van der Waals surface area contributed by atoms with E-state index in [0.717, 1.165) is 21.5 Å². The second kappa shape index (κ2) is 6.02. The van der Waals surface area contributed by atoms with Gasteiger partial charge in [0, 0.05) is 18.0 Å². The molecule has 0 aliphatic rings. The van der Waals surface area contributed by atoms with Crippen LogP contribution in [0.25, 0.3) is 0 Å². The van der Waals surface area contributed by atoms with Crippen LogP contribution in [0, 0.1) is 5.82 Å². The predicted octanol–water partition coefficient (Wildman–Crippen LogP) is 4.16. The number of pyridine rings is 1. The van der Waals surface area contributed by atoms with Gasteiger partial charge < -0.3 is 10.1 Å². The van der Waals surface area contributed by atoms with E-state index >= 15 is 0 Å². The fourth-order valence-electron chi connectivity index (χ4n) is 1.75. The summed E-state index contributed by atoms with van der Waals surface area (Å²) < 4.78 is 19.2. The Morgan fingerprint density at radius 2 is 2.11 bits per heavy atom. The van der Waals surface area contributed by atoms with E-state index in [2.05, 4.69) is 26.2 Å². The molecule has 0 fully saturated rings. The smallest absolute Gasteiger partial charge is 0.141 e. The number of nitrogens with zero attached hydrogens (tertiary/aromatic N) is 1. The SMILES string of the molecule is COc1cc(NC(C)c2cncc(F)c2)ccc1Br. The lowest BCUT2D eigenvalue weighted by Gasteiger charge is -2.16. The highest BCUT2D eigenvalue weighted by Crippen LogP contribution is 2.29. The van der Waals surface area contributed by atoms with Crippen molar-refractivity contribution in [1.29, 1.82) is 0 Å². The van der Waals surface area contributed by atoms with E-state index in [1.54, 1.807) is 13.3 Å². The van der Waals surface area contributed by atoms with Crippen LogP contribution in [0.4, 0.5) is 10.1 Å². The third-order valence-electron chi connectivity index (χ3n) is 2.76. The lowest BCUT2D eigenvalue weighted by atomic mass is 10.1. The second-order valence-corrected chi connectivity index (χ2v) is 5.01. The Balaban J connectivity index is 2.17. The van der Waals surface area contributed by atoms with Gasteiger partial charge in [-0.3, -0.25) is 4.98 Å². The van der Waals surface area contributed by atoms with Crippen molar-refractivity contribution in [3.8, 4) is 5.75 Å². The largest absolute Gasteiger partial charge is 0.495 e. The Bertz CT molecular complexity index is 577. The zero-order valence-electron chi connectivity index (χ0n) is 10.7. The van der Waals surface area contributed by atoms with Gasteiger partial charge in [0.15, 0.2) is 0 Å². The van der Waals surface area contributed by atoms with Crippen molar-refractivity contribution in [1.82, 2.24) is 4.98 Å². The van der Waals surface area contributed by atoms with Gasteiger partial charge in [-0.25, -0.2) is 4.39 Å². The lowest BCUT2D eigenvalue weighted by Crippen LogP contribution is -2.07. The number of hydrogen-bond acceptors (Lipinski definition) is 3. The fraction of sp³-hybridized carbons (Fsp3) is 0.214. The minimum atomic E-state index is -0.334. The van der Waals surface area contributed by atoms with Crippen LogP contribution in [-0.2, 0) is 0 Å². The standard InChI is InChI=1S/C14H14BrFN2O/c1-9(10-5-11(16)8-17-7-10)18-12-3-4-13(15)14(6-12)19-2/h3-9,18H,1-2H3. The van der Waals surface area contributed by atoms with Gasteiger partial charge in [0.2, 0.25) is 0 Å². The van der Waals surface area contributed by atoms with Crippen molar-refractivity contribution in [2.75, 3.05) is 12.4 Å². The van der Waals surface area contributed by atoms with Gasteiger partial charge in [-0.1, -0.05) is 0 Å². The maximum atomic E-state index is 13.1. The predicted molar refractivity (Wildman–Crippen MR) is 76.9 cm³/mol. The quantitative estimate of drug-likeness (QED) is 0.916. The topological polar surface area (TPSA) is 34.1 Å². The van der Waals surface area contributed by atoms with Crippen molar-refractivity contribution in [2.45, 2.75) is 13.0 Å². The van der Waals surface area contributed by atoms with E-state index in [9.17, 15) is 4.39 Å². The van der Waals surface area contributed by atoms with Gasteiger partial charge in [-0.05, 0) is 46.6 Å². The van der Waals surface area contributed by atoms with Crippen molar-refractivity contribution >= 4 is 21.6 Å². The van der Waals surface area contributed by atoms with Crippen molar-refractivity contribution in [3.05, 3.63) is 52.5 Å². The number of methoxy groups -OCH3 is 1. The summed E-state index contributed by atoms with van der Waals surface area (Å²) in [6, 6.07) is 7.14. The Labute approximate surface area is 119 Å². The molecule has 2 rings (SSSR count). The molecule has 1 aromatic carbocycles. The molecule has 1 unspecified atom stereocenters. The van der Waals surface area contributed by atoms with Crippen LogP contribution < -0.4 is 10.1 Å². The fourth-order valence-corrected chi connectivity index (χ4v) is 2.16. The summed E-state index contributed by atoms with van der Waals surface area (Å²) in [7, 11) is 1.61. The zero-order chi connectivity index (χ0) is 13.8. The molecule has 1 heterocycles. The van der Waals surface area contributed by atoms with Crippen LogP contribution in [0.3, 0.4) is 0 Å². The molecule has 0 aliphatic heterocycles. The van der Waals surface area contributed by atoms with E-state index in [0.29, 0.717) is 0 Å². The summed E-state index contributed by atoms with van der Waals surface area (Å²) in [6.07, 6.45) is 2.84. The molecule has 2 aromatic rings. The minimum absolute atomic E-state index is 0.0471. The average molecular weight is 325 g/mol. The van der Waals surface area contributed by atoms with E-state index in [1.807, 2.05) is 25.1 Å². The number of anilines is 1. The Kier molecular flexibility index (Phi) is 4.37. The normalized spacial score (nSPS) is 12.0. The van der Waals surface area contributed by atoms with E-state index in [1.165, 1.54) is 12.3 Å². The molecule has 1 aromatic heterocycles. The number of benzene rings is 1. The van der Waals surface area contributed by atoms with Crippen LogP contribution in [0.5, 0.6) is 5.75 Å². The molecule has 1 N–H and O–H groups in total. The highest BCUT2D eigenvalue weighted by molar-refractivity contribution is 9.10. The monoisotopic (exact) mass is 324 g/mol. The Morgan fingerprint density at radius 3 is 2.79 bits per heavy atom. The van der Waals surface area contributed by atoms with Gasteiger partial charge in [-0.2, -0.15) is 0 Å². The zero-order valence-corrected chi connectivity index (χ0v) is 12.2. The molecule has 0 amide bonds. The third-order valence-corrected chi connectivity index (χ3v) is 3.42. The molecule has 19 heavy (non-hydrogen) atoms. The van der Waals surface area contributed by atoms with Crippen LogP contribution in [0.2, 0.25) is 0 Å². The third kappa shape index (κ3) is 3.44. The highest BCUT2D eigenvalue weighted by Gasteiger charge is 2.08. The summed E-state index contributed by atoms with van der Waals surface area (Å²) >= 11 is 3.40. The first-order chi connectivity index (χ1) is 9.10. The highest BCUT2D eigenvalue weighted by atomic mass is 79.9. The van der Waals surface area contributed by atoms with Gasteiger partial charge >= 0.3 is 0 Å². The number of hydrogen-bond donors (Lipinski definition) is 1. The molecule has 3 nitrogen and oxygen atoms in total. The van der Waals surface area contributed by atoms with Gasteiger partial charge in [0.25, 0.3) is 0 Å². The Hall–Kier alpha value is -1.62. The summed E-state index contributed by atoms with van der Waals surface area (Å²) in [5.41, 5.74) is 1.69. The summed E-state index contributed by atoms with van der Waals surface area (Å²) in [6.45, 7) is 1.95. The molecule has 0 spiro atoms. The Morgan fingerprint density at radius 1 is 1.32 bits per heavy atom. The molecule has 0 saturated carbocycles. The van der Waals surface area contributed by atoms with Crippen molar-refractivity contribution in [3.63, 3.8) is 0 Å². The molecular formula is C14H14BrFN2O.